The van der Waals surface area contributed by atoms with E-state index in [4.69, 9.17) is 4.74 Å². The van der Waals surface area contributed by atoms with E-state index in [1.165, 1.54) is 5.52 Å². The summed E-state index contributed by atoms with van der Waals surface area (Å²) in [5.74, 6) is 1.27. The van der Waals surface area contributed by atoms with E-state index in [1.807, 2.05) is 31.2 Å². The summed E-state index contributed by atoms with van der Waals surface area (Å²) in [4.78, 5) is 6.84. The second kappa shape index (κ2) is 13.6. The molecule has 0 spiro atoms. The molecule has 0 unspecified atom stereocenters. The number of imidazole rings is 1. The van der Waals surface area contributed by atoms with Crippen molar-refractivity contribution in [3.8, 4) is 39.6 Å². The molecule has 2 aromatic heterocycles. The van der Waals surface area contributed by atoms with Gasteiger partial charge in [-0.15, -0.1) is 0 Å². The Kier molecular flexibility index (Phi) is 8.58. The molecule has 6 heteroatoms. The number of nitrogens with zero attached hydrogens (tertiary/aromatic N) is 4. The van der Waals surface area contributed by atoms with E-state index in [2.05, 4.69) is 185 Å². The number of hydrogen-bond donors (Lipinski definition) is 0. The van der Waals surface area contributed by atoms with Crippen molar-refractivity contribution in [2.24, 2.45) is 7.05 Å². The maximum absolute atomic E-state index is 6.37. The van der Waals surface area contributed by atoms with Gasteiger partial charge in [0.1, 0.15) is 0 Å². The normalized spacial score (nSPS) is 11.1. The van der Waals surface area contributed by atoms with Crippen molar-refractivity contribution in [2.75, 3.05) is 4.90 Å². The zero-order valence-corrected chi connectivity index (χ0v) is 30.0. The Bertz CT molecular complexity index is 2460. The molecule has 0 fully saturated rings. The van der Waals surface area contributed by atoms with Crippen LogP contribution < -0.4 is 9.64 Å². The number of fused-ring (bicyclic) bond motifs is 1. The second-order valence-electron chi connectivity index (χ2n) is 12.2. The molecule has 0 aliphatic heterocycles. The van der Waals surface area contributed by atoms with Gasteiger partial charge >= 0.3 is 279 Å². The van der Waals surface area contributed by atoms with Crippen molar-refractivity contribution in [2.45, 2.75) is 6.92 Å². The van der Waals surface area contributed by atoms with E-state index in [-0.39, 0.29) is 0 Å². The third kappa shape index (κ3) is 6.02. The fourth-order valence-corrected chi connectivity index (χ4v) is 7.38. The van der Waals surface area contributed by atoms with Crippen LogP contribution in [-0.4, -0.2) is 14.1 Å². The summed E-state index contributed by atoms with van der Waals surface area (Å²) in [6.45, 7) is 2.04. The Morgan fingerprint density at radius 3 is 1.88 bits per heavy atom. The van der Waals surface area contributed by atoms with Crippen LogP contribution in [0.4, 0.5) is 17.1 Å². The molecule has 8 rings (SSSR count). The molecule has 50 heavy (non-hydrogen) atoms. The van der Waals surface area contributed by atoms with Gasteiger partial charge in [-0.05, 0) is 18.6 Å². The summed E-state index contributed by atoms with van der Waals surface area (Å²) in [6, 6.07) is 57.4. The van der Waals surface area contributed by atoms with Crippen LogP contribution in [0.3, 0.4) is 0 Å². The first-order chi connectivity index (χ1) is 24.5. The van der Waals surface area contributed by atoms with E-state index in [1.54, 1.807) is 6.20 Å². The third-order valence-electron chi connectivity index (χ3n) is 8.87. The van der Waals surface area contributed by atoms with Crippen LogP contribution in [0.1, 0.15) is 5.56 Å². The summed E-state index contributed by atoms with van der Waals surface area (Å²) in [5, 5.41) is 0. The van der Waals surface area contributed by atoms with Crippen molar-refractivity contribution in [3.63, 3.8) is 0 Å². The van der Waals surface area contributed by atoms with Gasteiger partial charge in [-0.2, -0.15) is 0 Å². The summed E-state index contributed by atoms with van der Waals surface area (Å²) in [5.41, 5.74) is 12.1. The molecule has 246 valence electrons. The fourth-order valence-electron chi connectivity index (χ4n) is 6.54. The molecule has 5 nitrogen and oxygen atoms in total. The number of ether oxygens (including phenoxy) is 1. The van der Waals surface area contributed by atoms with Crippen molar-refractivity contribution in [1.29, 1.82) is 0 Å². The molecule has 2 heterocycles. The summed E-state index contributed by atoms with van der Waals surface area (Å²) in [6.07, 6.45) is 1.78. The van der Waals surface area contributed by atoms with Gasteiger partial charge in [0.25, 0.3) is 0 Å². The molecule has 6 aromatic carbocycles. The molecule has 0 atom stereocenters. The zero-order chi connectivity index (χ0) is 34.0. The van der Waals surface area contributed by atoms with Gasteiger partial charge in [-0.25, -0.2) is 0 Å². The number of hydrogen-bond acceptors (Lipinski definition) is 3. The maximum atomic E-state index is 6.37. The van der Waals surface area contributed by atoms with E-state index < -0.39 is 0 Å². The number of pyridine rings is 1. The molecule has 0 saturated heterocycles. The Balaban J connectivity index is 1.39. The van der Waals surface area contributed by atoms with Gasteiger partial charge in [0, 0.05) is 6.20 Å². The van der Waals surface area contributed by atoms with Crippen LogP contribution >= 0.6 is 0 Å². The summed E-state index contributed by atoms with van der Waals surface area (Å²) in [7, 11) is 2.12. The van der Waals surface area contributed by atoms with Crippen LogP contribution in [0, 0.1) is 10.7 Å². The third-order valence-corrected chi connectivity index (χ3v) is 10.1. The van der Waals surface area contributed by atoms with E-state index >= 15 is 0 Å². The minimum absolute atomic E-state index is 0.562. The first kappa shape index (κ1) is 31.5. The molecule has 0 aliphatic carbocycles. The molecular formula is C44H34N4OPt. The van der Waals surface area contributed by atoms with Gasteiger partial charge in [0.2, 0.25) is 0 Å². The predicted octanol–water partition coefficient (Wildman–Crippen LogP) is 11.3. The number of aromatic nitrogens is 3. The molecule has 0 bridgehead atoms. The molecule has 0 saturated carbocycles. The first-order valence-corrected chi connectivity index (χ1v) is 17.7. The Morgan fingerprint density at radius 1 is 0.600 bits per heavy atom. The Labute approximate surface area is 302 Å². The van der Waals surface area contributed by atoms with Crippen molar-refractivity contribution >= 4 is 28.1 Å². The van der Waals surface area contributed by atoms with Crippen LogP contribution in [0.25, 0.3) is 39.0 Å². The van der Waals surface area contributed by atoms with Crippen molar-refractivity contribution < 1.29 is 24.1 Å². The topological polar surface area (TPSA) is 35.2 Å². The van der Waals surface area contributed by atoms with Gasteiger partial charge in [0.15, 0.2) is 0 Å². The number of rotatable bonds is 8. The quantitative estimate of drug-likeness (QED) is 0.153. The van der Waals surface area contributed by atoms with Crippen molar-refractivity contribution in [3.05, 3.63) is 179 Å². The number of anilines is 3. The second-order valence-corrected chi connectivity index (χ2v) is 13.2. The fraction of sp³-hybridized carbons (Fsp3) is 0.0455. The van der Waals surface area contributed by atoms with Gasteiger partial charge < -0.3 is 0 Å². The van der Waals surface area contributed by atoms with Crippen LogP contribution in [-0.2, 0) is 26.4 Å². The molecule has 0 radical (unpaired) electrons. The van der Waals surface area contributed by atoms with E-state index in [0.717, 1.165) is 59.9 Å². The molecule has 0 amide bonds. The SMILES string of the molecule is Cc1ccnc(Oc2cccc(N(c3cccc(-n4[c](=[Pt])n(C)c5ccccc54)c3)c3c(-c4ccccc4)cccc3-c3ccccc3)c2)c1. The summed E-state index contributed by atoms with van der Waals surface area (Å²) >= 11 is 2.43. The van der Waals surface area contributed by atoms with Gasteiger partial charge in [0.05, 0.1) is 0 Å². The van der Waals surface area contributed by atoms with E-state index in [0.29, 0.717) is 11.6 Å². The molecular weight excluding hydrogens is 796 g/mol. The van der Waals surface area contributed by atoms with Crippen molar-refractivity contribution in [1.82, 2.24) is 14.1 Å². The van der Waals surface area contributed by atoms with Gasteiger partial charge in [-0.1, -0.05) is 0 Å². The standard InChI is InChI=1S/C44H34N4O.Pt/c1-32-26-27-45-43(28-32)49-38-21-12-20-37(30-38)48(36-19-11-18-35(29-36)47-31-46(2)41-24-9-10-25-42(41)47)44-39(33-14-5-3-6-15-33)22-13-23-40(44)34-16-7-4-8-17-34;/h3-30H,1-2H3;. The van der Waals surface area contributed by atoms with Crippen LogP contribution in [0.2, 0.25) is 0 Å². The van der Waals surface area contributed by atoms with Crippen LogP contribution in [0.15, 0.2) is 170 Å². The number of para-hydroxylation sites is 3. The Hall–Kier alpha value is -5.77. The number of aryl methyl sites for hydroxylation is 2. The van der Waals surface area contributed by atoms with Crippen LogP contribution in [0.5, 0.6) is 11.6 Å². The summed E-state index contributed by atoms with van der Waals surface area (Å²) < 4.78 is 12.0. The molecule has 8 aromatic rings. The average molecular weight is 830 g/mol. The predicted molar refractivity (Wildman–Crippen MR) is 200 cm³/mol. The number of benzene rings is 6. The molecule has 0 N–H and O–H groups in total. The van der Waals surface area contributed by atoms with E-state index in [9.17, 15) is 0 Å². The monoisotopic (exact) mass is 829 g/mol. The Morgan fingerprint density at radius 2 is 1.20 bits per heavy atom. The first-order valence-electron chi connectivity index (χ1n) is 16.5. The zero-order valence-electron chi connectivity index (χ0n) is 27.7. The average Bonchev–Trinajstić information content (AvgIpc) is 3.41. The minimum atomic E-state index is 0.562. The molecule has 0 aliphatic rings. The van der Waals surface area contributed by atoms with Gasteiger partial charge in [-0.3, -0.25) is 0 Å².